The van der Waals surface area contributed by atoms with Gasteiger partial charge in [-0.3, -0.25) is 10.1 Å². The highest BCUT2D eigenvalue weighted by Gasteiger charge is 2.18. The number of ether oxygens (including phenoxy) is 3. The molecule has 1 aromatic carbocycles. The van der Waals surface area contributed by atoms with E-state index in [-0.39, 0.29) is 5.91 Å². The zero-order valence-electron chi connectivity index (χ0n) is 13.5. The van der Waals surface area contributed by atoms with Crippen LogP contribution in [0.15, 0.2) is 12.1 Å². The van der Waals surface area contributed by atoms with Crippen molar-refractivity contribution in [3.05, 3.63) is 22.7 Å². The van der Waals surface area contributed by atoms with E-state index in [1.54, 1.807) is 12.1 Å². The molecular weight excluding hydrogens is 318 g/mol. The van der Waals surface area contributed by atoms with Gasteiger partial charge in [0.25, 0.3) is 5.91 Å². The number of aromatic nitrogens is 2. The summed E-state index contributed by atoms with van der Waals surface area (Å²) in [4.78, 5) is 12.4. The third kappa shape index (κ3) is 3.89. The molecular formula is C15H19N3O4S. The first kappa shape index (κ1) is 17.0. The summed E-state index contributed by atoms with van der Waals surface area (Å²) in [5.74, 6) is 0.957. The molecule has 124 valence electrons. The second kappa shape index (κ2) is 7.77. The first-order valence-electron chi connectivity index (χ1n) is 7.06. The molecule has 0 saturated carbocycles. The fourth-order valence-corrected chi connectivity index (χ4v) is 2.84. The molecule has 1 amide bonds. The molecule has 0 radical (unpaired) electrons. The van der Waals surface area contributed by atoms with Gasteiger partial charge in [-0.1, -0.05) is 18.3 Å². The Morgan fingerprint density at radius 3 is 2.30 bits per heavy atom. The van der Waals surface area contributed by atoms with E-state index in [0.29, 0.717) is 27.9 Å². The van der Waals surface area contributed by atoms with Gasteiger partial charge in [0.15, 0.2) is 11.5 Å². The molecule has 0 bridgehead atoms. The molecule has 0 atom stereocenters. The highest BCUT2D eigenvalue weighted by atomic mass is 32.1. The summed E-state index contributed by atoms with van der Waals surface area (Å²) in [7, 11) is 4.51. The van der Waals surface area contributed by atoms with Crippen molar-refractivity contribution >= 4 is 22.4 Å². The topological polar surface area (TPSA) is 82.6 Å². The third-order valence-electron chi connectivity index (χ3n) is 3.08. The van der Waals surface area contributed by atoms with Gasteiger partial charge in [-0.25, -0.2) is 0 Å². The highest BCUT2D eigenvalue weighted by Crippen LogP contribution is 2.38. The summed E-state index contributed by atoms with van der Waals surface area (Å²) in [6, 6.07) is 3.18. The number of carbonyl (C=O) groups excluding carboxylic acids is 1. The van der Waals surface area contributed by atoms with Gasteiger partial charge >= 0.3 is 0 Å². The molecule has 1 N–H and O–H groups in total. The fraction of sp³-hybridized carbons (Fsp3) is 0.400. The van der Waals surface area contributed by atoms with E-state index in [0.717, 1.165) is 17.8 Å². The summed E-state index contributed by atoms with van der Waals surface area (Å²) in [6.45, 7) is 2.07. The molecule has 0 saturated heterocycles. The zero-order valence-corrected chi connectivity index (χ0v) is 14.3. The number of carbonyl (C=O) groups is 1. The Balaban J connectivity index is 2.24. The van der Waals surface area contributed by atoms with Crippen LogP contribution >= 0.6 is 11.3 Å². The maximum absolute atomic E-state index is 12.4. The average molecular weight is 337 g/mol. The summed E-state index contributed by atoms with van der Waals surface area (Å²) < 4.78 is 15.7. The number of benzene rings is 1. The largest absolute Gasteiger partial charge is 0.493 e. The van der Waals surface area contributed by atoms with E-state index in [9.17, 15) is 4.79 Å². The maximum atomic E-state index is 12.4. The smallest absolute Gasteiger partial charge is 0.257 e. The predicted molar refractivity (Wildman–Crippen MR) is 88.0 cm³/mol. The SMILES string of the molecule is CCCc1nnc(NC(=O)c2cc(OC)c(OC)c(OC)c2)s1. The quantitative estimate of drug-likeness (QED) is 0.836. The van der Waals surface area contributed by atoms with Crippen LogP contribution in [0.4, 0.5) is 5.13 Å². The van der Waals surface area contributed by atoms with E-state index >= 15 is 0 Å². The van der Waals surface area contributed by atoms with Crippen molar-refractivity contribution in [2.75, 3.05) is 26.6 Å². The predicted octanol–water partition coefficient (Wildman–Crippen LogP) is 2.77. The zero-order chi connectivity index (χ0) is 16.8. The minimum absolute atomic E-state index is 0.316. The molecule has 1 heterocycles. The molecule has 0 spiro atoms. The minimum atomic E-state index is -0.316. The summed E-state index contributed by atoms with van der Waals surface area (Å²) in [5, 5.41) is 12.1. The van der Waals surface area contributed by atoms with Crippen molar-refractivity contribution < 1.29 is 19.0 Å². The Labute approximate surface area is 138 Å². The molecule has 2 aromatic rings. The number of anilines is 1. The molecule has 0 aliphatic carbocycles. The Hall–Kier alpha value is -2.35. The standard InChI is InChI=1S/C15H19N3O4S/c1-5-6-12-17-18-15(23-12)16-14(19)9-7-10(20-2)13(22-4)11(8-9)21-3/h7-8H,5-6H2,1-4H3,(H,16,18,19). The molecule has 1 aromatic heterocycles. The maximum Gasteiger partial charge on any atom is 0.257 e. The van der Waals surface area contributed by atoms with Crippen LogP contribution in [0.1, 0.15) is 28.7 Å². The van der Waals surface area contributed by atoms with Gasteiger partial charge < -0.3 is 14.2 Å². The number of amides is 1. The second-order valence-electron chi connectivity index (χ2n) is 4.62. The monoisotopic (exact) mass is 337 g/mol. The van der Waals surface area contributed by atoms with Crippen molar-refractivity contribution in [1.29, 1.82) is 0 Å². The number of aryl methyl sites for hydroxylation is 1. The van der Waals surface area contributed by atoms with Gasteiger partial charge in [0.2, 0.25) is 10.9 Å². The van der Waals surface area contributed by atoms with Gasteiger partial charge in [0.05, 0.1) is 21.3 Å². The van der Waals surface area contributed by atoms with Crippen molar-refractivity contribution in [3.63, 3.8) is 0 Å². The highest BCUT2D eigenvalue weighted by molar-refractivity contribution is 7.15. The number of hydrogen-bond donors (Lipinski definition) is 1. The number of nitrogens with zero attached hydrogens (tertiary/aromatic N) is 2. The van der Waals surface area contributed by atoms with Crippen molar-refractivity contribution in [1.82, 2.24) is 10.2 Å². The summed E-state index contributed by atoms with van der Waals surface area (Å²) in [6.07, 6.45) is 1.83. The van der Waals surface area contributed by atoms with Gasteiger partial charge in [-0.2, -0.15) is 0 Å². The first-order chi connectivity index (χ1) is 11.1. The molecule has 0 aliphatic rings. The van der Waals surface area contributed by atoms with Crippen molar-refractivity contribution in [3.8, 4) is 17.2 Å². The molecule has 0 aliphatic heterocycles. The Bertz CT molecular complexity index is 662. The number of rotatable bonds is 7. The van der Waals surface area contributed by atoms with Gasteiger partial charge in [0.1, 0.15) is 5.01 Å². The lowest BCUT2D eigenvalue weighted by molar-refractivity contribution is 0.102. The lowest BCUT2D eigenvalue weighted by Crippen LogP contribution is -2.12. The van der Waals surface area contributed by atoms with Crippen LogP contribution < -0.4 is 19.5 Å². The number of hydrogen-bond acceptors (Lipinski definition) is 7. The van der Waals surface area contributed by atoms with Gasteiger partial charge in [-0.05, 0) is 18.6 Å². The van der Waals surface area contributed by atoms with E-state index < -0.39 is 0 Å². The fourth-order valence-electron chi connectivity index (χ4n) is 2.00. The molecule has 0 unspecified atom stereocenters. The molecule has 7 nitrogen and oxygen atoms in total. The van der Waals surface area contributed by atoms with Crippen LogP contribution in [0, 0.1) is 0 Å². The van der Waals surface area contributed by atoms with E-state index in [4.69, 9.17) is 14.2 Å². The van der Waals surface area contributed by atoms with Crippen LogP contribution in [0.2, 0.25) is 0 Å². The summed E-state index contributed by atoms with van der Waals surface area (Å²) in [5.41, 5.74) is 0.381. The molecule has 2 rings (SSSR count). The first-order valence-corrected chi connectivity index (χ1v) is 7.88. The Morgan fingerprint density at radius 2 is 1.78 bits per heavy atom. The number of methoxy groups -OCH3 is 3. The van der Waals surface area contributed by atoms with Crippen LogP contribution in [-0.4, -0.2) is 37.4 Å². The molecule has 8 heteroatoms. The molecule has 23 heavy (non-hydrogen) atoms. The van der Waals surface area contributed by atoms with Crippen LogP contribution in [0.25, 0.3) is 0 Å². The normalized spacial score (nSPS) is 10.3. The van der Waals surface area contributed by atoms with E-state index in [1.807, 2.05) is 0 Å². The van der Waals surface area contributed by atoms with Crippen LogP contribution in [0.3, 0.4) is 0 Å². The third-order valence-corrected chi connectivity index (χ3v) is 3.98. The Kier molecular flexibility index (Phi) is 5.75. The lowest BCUT2D eigenvalue weighted by atomic mass is 10.1. The van der Waals surface area contributed by atoms with Crippen LogP contribution in [-0.2, 0) is 6.42 Å². The van der Waals surface area contributed by atoms with Gasteiger partial charge in [-0.15, -0.1) is 10.2 Å². The second-order valence-corrected chi connectivity index (χ2v) is 5.68. The average Bonchev–Trinajstić information content (AvgIpc) is 3.00. The lowest BCUT2D eigenvalue weighted by Gasteiger charge is -2.13. The van der Waals surface area contributed by atoms with E-state index in [2.05, 4.69) is 22.4 Å². The van der Waals surface area contributed by atoms with Crippen molar-refractivity contribution in [2.24, 2.45) is 0 Å². The minimum Gasteiger partial charge on any atom is -0.493 e. The van der Waals surface area contributed by atoms with Gasteiger partial charge in [0, 0.05) is 12.0 Å². The molecule has 0 fully saturated rings. The Morgan fingerprint density at radius 1 is 1.13 bits per heavy atom. The van der Waals surface area contributed by atoms with E-state index in [1.165, 1.54) is 32.7 Å². The summed E-state index contributed by atoms with van der Waals surface area (Å²) >= 11 is 1.37. The van der Waals surface area contributed by atoms with Crippen molar-refractivity contribution in [2.45, 2.75) is 19.8 Å². The van der Waals surface area contributed by atoms with Crippen LogP contribution in [0.5, 0.6) is 17.2 Å². The number of nitrogens with one attached hydrogen (secondary N) is 1.